The van der Waals surface area contributed by atoms with Crippen molar-refractivity contribution in [2.24, 2.45) is 5.10 Å². The molecule has 6 nitrogen and oxygen atoms in total. The highest BCUT2D eigenvalue weighted by Gasteiger charge is 2.34. The fourth-order valence-corrected chi connectivity index (χ4v) is 3.59. The summed E-state index contributed by atoms with van der Waals surface area (Å²) in [4.78, 5) is 26.8. The Bertz CT molecular complexity index is 995. The summed E-state index contributed by atoms with van der Waals surface area (Å²) in [5.41, 5.74) is 6.54. The molecular formula is C25H32N4O2. The first-order chi connectivity index (χ1) is 14.7. The second kappa shape index (κ2) is 9.33. The summed E-state index contributed by atoms with van der Waals surface area (Å²) in [5.74, 6) is -0.203. The van der Waals surface area contributed by atoms with E-state index in [9.17, 15) is 9.59 Å². The van der Waals surface area contributed by atoms with Crippen molar-refractivity contribution in [3.63, 3.8) is 0 Å². The van der Waals surface area contributed by atoms with Crippen LogP contribution in [0, 0.1) is 20.8 Å². The van der Waals surface area contributed by atoms with Gasteiger partial charge in [0.15, 0.2) is 0 Å². The van der Waals surface area contributed by atoms with Gasteiger partial charge in [0.2, 0.25) is 0 Å². The van der Waals surface area contributed by atoms with Gasteiger partial charge in [-0.15, -0.1) is 0 Å². The molecule has 1 atom stereocenters. The number of aryl methyl sites for hydroxylation is 3. The molecule has 31 heavy (non-hydrogen) atoms. The standard InChI is InChI=1S/C25H32N4O2/c1-16(2)26-25(31)28(6)15-24(30)29-23(20-10-7-17(3)8-11-20)14-22(27-29)21-12-9-18(4)19(5)13-21/h7-13,16,23H,14-15H2,1-6H3,(H,26,31)/t23-/m1/s1. The molecule has 0 aliphatic carbocycles. The number of hydrazone groups is 1. The Labute approximate surface area is 184 Å². The smallest absolute Gasteiger partial charge is 0.317 e. The Morgan fingerprint density at radius 1 is 1.10 bits per heavy atom. The highest BCUT2D eigenvalue weighted by atomic mass is 16.2. The Morgan fingerprint density at radius 3 is 2.39 bits per heavy atom. The molecule has 0 saturated carbocycles. The van der Waals surface area contributed by atoms with Crippen molar-refractivity contribution in [2.75, 3.05) is 13.6 Å². The Kier molecular flexibility index (Phi) is 6.78. The molecule has 3 amide bonds. The number of carbonyl (C=O) groups excluding carboxylic acids is 2. The lowest BCUT2D eigenvalue weighted by Gasteiger charge is -2.25. The predicted octanol–water partition coefficient (Wildman–Crippen LogP) is 4.34. The number of hydrogen-bond donors (Lipinski definition) is 1. The van der Waals surface area contributed by atoms with Gasteiger partial charge in [0.05, 0.1) is 11.8 Å². The SMILES string of the molecule is Cc1ccc([C@H]2CC(c3ccc(C)c(C)c3)=NN2C(=O)CN(C)C(=O)NC(C)C)cc1. The van der Waals surface area contributed by atoms with Gasteiger partial charge in [-0.3, -0.25) is 4.79 Å². The van der Waals surface area contributed by atoms with Gasteiger partial charge in [-0.25, -0.2) is 9.80 Å². The fraction of sp³-hybridized carbons (Fsp3) is 0.400. The minimum Gasteiger partial charge on any atom is -0.336 e. The quantitative estimate of drug-likeness (QED) is 0.782. The average molecular weight is 421 g/mol. The molecule has 3 rings (SSSR count). The molecule has 0 unspecified atom stereocenters. The highest BCUT2D eigenvalue weighted by Crippen LogP contribution is 2.33. The van der Waals surface area contributed by atoms with Crippen LogP contribution in [0.5, 0.6) is 0 Å². The Morgan fingerprint density at radius 2 is 1.77 bits per heavy atom. The second-order valence-electron chi connectivity index (χ2n) is 8.67. The number of urea groups is 1. The van der Waals surface area contributed by atoms with E-state index in [1.807, 2.05) is 45.0 Å². The van der Waals surface area contributed by atoms with Crippen LogP contribution < -0.4 is 5.32 Å². The third-order valence-electron chi connectivity index (χ3n) is 5.60. The summed E-state index contributed by atoms with van der Waals surface area (Å²) in [7, 11) is 1.63. The summed E-state index contributed by atoms with van der Waals surface area (Å²) in [6.45, 7) is 9.95. The molecule has 1 aliphatic rings. The molecule has 2 aromatic carbocycles. The molecule has 6 heteroatoms. The highest BCUT2D eigenvalue weighted by molar-refractivity contribution is 6.03. The Hall–Kier alpha value is -3.15. The monoisotopic (exact) mass is 420 g/mol. The normalized spacial score (nSPS) is 15.8. The first-order valence-corrected chi connectivity index (χ1v) is 10.7. The largest absolute Gasteiger partial charge is 0.336 e. The number of rotatable bonds is 5. The topological polar surface area (TPSA) is 65.0 Å². The van der Waals surface area contributed by atoms with Crippen LogP contribution in [-0.4, -0.2) is 47.2 Å². The van der Waals surface area contributed by atoms with E-state index in [2.05, 4.69) is 37.4 Å². The fourth-order valence-electron chi connectivity index (χ4n) is 3.59. The van der Waals surface area contributed by atoms with Crippen molar-refractivity contribution in [3.8, 4) is 0 Å². The molecule has 0 saturated heterocycles. The zero-order chi connectivity index (χ0) is 22.7. The van der Waals surface area contributed by atoms with Crippen molar-refractivity contribution in [1.82, 2.24) is 15.2 Å². The third kappa shape index (κ3) is 5.32. The number of nitrogens with zero attached hydrogens (tertiary/aromatic N) is 3. The molecule has 1 aliphatic heterocycles. The molecule has 0 aromatic heterocycles. The van der Waals surface area contributed by atoms with E-state index in [4.69, 9.17) is 5.10 Å². The van der Waals surface area contributed by atoms with Crippen LogP contribution >= 0.6 is 0 Å². The van der Waals surface area contributed by atoms with Gasteiger partial charge in [0.1, 0.15) is 6.54 Å². The van der Waals surface area contributed by atoms with E-state index < -0.39 is 0 Å². The number of likely N-dealkylation sites (N-methyl/N-ethyl adjacent to an activating group) is 1. The van der Waals surface area contributed by atoms with Crippen LogP contribution in [0.2, 0.25) is 0 Å². The van der Waals surface area contributed by atoms with Gasteiger partial charge in [-0.2, -0.15) is 5.10 Å². The number of hydrogen-bond acceptors (Lipinski definition) is 3. The van der Waals surface area contributed by atoms with Gasteiger partial charge in [-0.1, -0.05) is 42.0 Å². The predicted molar refractivity (Wildman–Crippen MR) is 124 cm³/mol. The molecule has 0 bridgehead atoms. The maximum absolute atomic E-state index is 13.2. The summed E-state index contributed by atoms with van der Waals surface area (Å²) in [5, 5.41) is 9.09. The van der Waals surface area contributed by atoms with Crippen molar-refractivity contribution < 1.29 is 9.59 Å². The molecular weight excluding hydrogens is 388 g/mol. The number of amides is 3. The second-order valence-corrected chi connectivity index (χ2v) is 8.67. The van der Waals surface area contributed by atoms with Crippen molar-refractivity contribution in [1.29, 1.82) is 0 Å². The van der Waals surface area contributed by atoms with Crippen LogP contribution in [0.1, 0.15) is 54.1 Å². The molecule has 1 heterocycles. The summed E-state index contributed by atoms with van der Waals surface area (Å²) in [6.07, 6.45) is 0.638. The van der Waals surface area contributed by atoms with Crippen LogP contribution in [0.4, 0.5) is 4.79 Å². The van der Waals surface area contributed by atoms with Crippen molar-refractivity contribution in [3.05, 3.63) is 70.3 Å². The zero-order valence-electron chi connectivity index (χ0n) is 19.3. The molecule has 0 spiro atoms. The molecule has 2 aromatic rings. The lowest BCUT2D eigenvalue weighted by atomic mass is 9.96. The summed E-state index contributed by atoms with van der Waals surface area (Å²) >= 11 is 0. The van der Waals surface area contributed by atoms with Gasteiger partial charge in [0, 0.05) is 19.5 Å². The van der Waals surface area contributed by atoms with E-state index in [0.717, 1.165) is 16.8 Å². The van der Waals surface area contributed by atoms with E-state index in [-0.39, 0.29) is 30.6 Å². The van der Waals surface area contributed by atoms with Gasteiger partial charge < -0.3 is 10.2 Å². The van der Waals surface area contributed by atoms with Crippen molar-refractivity contribution >= 4 is 17.6 Å². The van der Waals surface area contributed by atoms with Gasteiger partial charge in [0.25, 0.3) is 5.91 Å². The Balaban J connectivity index is 1.88. The lowest BCUT2D eigenvalue weighted by molar-refractivity contribution is -0.133. The minimum atomic E-state index is -0.271. The van der Waals surface area contributed by atoms with E-state index in [1.54, 1.807) is 12.1 Å². The molecule has 0 radical (unpaired) electrons. The van der Waals surface area contributed by atoms with Crippen LogP contribution in [0.15, 0.2) is 47.6 Å². The summed E-state index contributed by atoms with van der Waals surface area (Å²) in [6, 6.07) is 14.0. The van der Waals surface area contributed by atoms with E-state index in [1.165, 1.54) is 21.6 Å². The van der Waals surface area contributed by atoms with Crippen LogP contribution in [0.25, 0.3) is 0 Å². The summed E-state index contributed by atoms with van der Waals surface area (Å²) < 4.78 is 0. The van der Waals surface area contributed by atoms with Gasteiger partial charge in [-0.05, 0) is 62.9 Å². The first-order valence-electron chi connectivity index (χ1n) is 10.7. The van der Waals surface area contributed by atoms with Gasteiger partial charge >= 0.3 is 6.03 Å². The first kappa shape index (κ1) is 22.5. The zero-order valence-corrected chi connectivity index (χ0v) is 19.3. The van der Waals surface area contributed by atoms with E-state index in [0.29, 0.717) is 6.42 Å². The van der Waals surface area contributed by atoms with Crippen LogP contribution in [-0.2, 0) is 4.79 Å². The van der Waals surface area contributed by atoms with E-state index >= 15 is 0 Å². The number of benzene rings is 2. The average Bonchev–Trinajstić information content (AvgIpc) is 3.15. The third-order valence-corrected chi connectivity index (χ3v) is 5.60. The minimum absolute atomic E-state index is 0.00606. The number of carbonyl (C=O) groups is 2. The molecule has 164 valence electrons. The number of nitrogens with one attached hydrogen (secondary N) is 1. The molecule has 0 fully saturated rings. The maximum atomic E-state index is 13.2. The maximum Gasteiger partial charge on any atom is 0.317 e. The van der Waals surface area contributed by atoms with Crippen LogP contribution in [0.3, 0.4) is 0 Å². The molecule has 1 N–H and O–H groups in total. The lowest BCUT2D eigenvalue weighted by Crippen LogP contribution is -2.45. The van der Waals surface area contributed by atoms with Crippen molar-refractivity contribution in [2.45, 2.75) is 53.1 Å².